The molecular formula is C29H33F5N2O4. The van der Waals surface area contributed by atoms with Crippen molar-refractivity contribution in [2.75, 3.05) is 26.2 Å². The van der Waals surface area contributed by atoms with Crippen molar-refractivity contribution < 1.29 is 41.0 Å². The topological polar surface area (TPSA) is 59.1 Å². The molecule has 218 valence electrons. The van der Waals surface area contributed by atoms with Crippen molar-refractivity contribution >= 4 is 11.9 Å². The van der Waals surface area contributed by atoms with Gasteiger partial charge in [0.25, 0.3) is 0 Å². The Hall–Kier alpha value is -3.21. The summed E-state index contributed by atoms with van der Waals surface area (Å²) < 4.78 is 78.1. The summed E-state index contributed by atoms with van der Waals surface area (Å²) in [5.74, 6) is -3.28. The Morgan fingerprint density at radius 3 is 2.33 bits per heavy atom. The average Bonchev–Trinajstić information content (AvgIpc) is 3.20. The van der Waals surface area contributed by atoms with Gasteiger partial charge in [0, 0.05) is 43.2 Å². The van der Waals surface area contributed by atoms with E-state index in [4.69, 9.17) is 9.47 Å². The normalized spacial score (nSPS) is 19.3. The lowest BCUT2D eigenvalue weighted by atomic mass is 9.76. The molecule has 0 aliphatic carbocycles. The maximum Gasteiger partial charge on any atom is 0.490 e. The third-order valence-corrected chi connectivity index (χ3v) is 7.59. The second-order valence-electron chi connectivity index (χ2n) is 10.9. The van der Waals surface area contributed by atoms with E-state index in [1.54, 1.807) is 11.0 Å². The molecule has 0 bridgehead atoms. The van der Waals surface area contributed by atoms with Gasteiger partial charge in [0.15, 0.2) is 6.23 Å². The summed E-state index contributed by atoms with van der Waals surface area (Å²) >= 11 is 0. The quantitative estimate of drug-likeness (QED) is 0.312. The summed E-state index contributed by atoms with van der Waals surface area (Å²) in [6.45, 7) is 5.52. The molecule has 2 aliphatic heterocycles. The number of esters is 1. The van der Waals surface area contributed by atoms with Crippen LogP contribution >= 0.6 is 0 Å². The number of hydrogen-bond acceptors (Lipinski definition) is 5. The lowest BCUT2D eigenvalue weighted by Crippen LogP contribution is -2.51. The third-order valence-electron chi connectivity index (χ3n) is 7.59. The van der Waals surface area contributed by atoms with Crippen LogP contribution in [0.4, 0.5) is 22.0 Å². The van der Waals surface area contributed by atoms with Crippen molar-refractivity contribution in [1.29, 1.82) is 0 Å². The Morgan fingerprint density at radius 1 is 1.00 bits per heavy atom. The summed E-state index contributed by atoms with van der Waals surface area (Å²) in [7, 11) is 0. The Kier molecular flexibility index (Phi) is 9.02. The van der Waals surface area contributed by atoms with Crippen molar-refractivity contribution in [1.82, 2.24) is 9.80 Å². The molecule has 1 unspecified atom stereocenters. The van der Waals surface area contributed by atoms with E-state index in [1.807, 2.05) is 32.0 Å². The first-order chi connectivity index (χ1) is 18.9. The first-order valence-electron chi connectivity index (χ1n) is 13.3. The Labute approximate surface area is 230 Å². The van der Waals surface area contributed by atoms with Gasteiger partial charge in [-0.1, -0.05) is 38.1 Å². The predicted molar refractivity (Wildman–Crippen MR) is 136 cm³/mol. The number of carbonyl (C=O) groups excluding carboxylic acids is 2. The van der Waals surface area contributed by atoms with Crippen molar-refractivity contribution in [3.05, 3.63) is 65.2 Å². The van der Waals surface area contributed by atoms with E-state index >= 15 is 0 Å². The maximum absolute atomic E-state index is 14.1. The highest BCUT2D eigenvalue weighted by Crippen LogP contribution is 2.47. The van der Waals surface area contributed by atoms with Crippen LogP contribution in [0.5, 0.6) is 5.75 Å². The summed E-state index contributed by atoms with van der Waals surface area (Å²) in [6, 6.07) is 10.3. The molecule has 0 N–H and O–H groups in total. The van der Waals surface area contributed by atoms with Crippen LogP contribution in [-0.2, 0) is 27.3 Å². The zero-order chi connectivity index (χ0) is 29.1. The molecule has 4 rings (SSSR count). The molecule has 2 aromatic carbocycles. The van der Waals surface area contributed by atoms with E-state index in [1.165, 1.54) is 11.0 Å². The third kappa shape index (κ3) is 6.92. The Morgan fingerprint density at radius 2 is 1.68 bits per heavy atom. The minimum absolute atomic E-state index is 0.0639. The van der Waals surface area contributed by atoms with Crippen LogP contribution in [0.15, 0.2) is 42.5 Å². The van der Waals surface area contributed by atoms with Crippen LogP contribution in [0.3, 0.4) is 0 Å². The number of amides is 1. The van der Waals surface area contributed by atoms with E-state index in [9.17, 15) is 31.5 Å². The zero-order valence-electron chi connectivity index (χ0n) is 22.5. The molecule has 2 fully saturated rings. The Balaban J connectivity index is 1.49. The molecule has 2 aliphatic rings. The second kappa shape index (κ2) is 12.1. The molecule has 1 atom stereocenters. The van der Waals surface area contributed by atoms with Gasteiger partial charge in [0.1, 0.15) is 17.4 Å². The fourth-order valence-corrected chi connectivity index (χ4v) is 5.41. The van der Waals surface area contributed by atoms with Gasteiger partial charge < -0.3 is 14.4 Å². The minimum Gasteiger partial charge on any atom is -0.493 e. The molecule has 6 nitrogen and oxygen atoms in total. The number of piperidine rings is 1. The van der Waals surface area contributed by atoms with Gasteiger partial charge in [-0.3, -0.25) is 9.69 Å². The number of hydrogen-bond donors (Lipinski definition) is 0. The predicted octanol–water partition coefficient (Wildman–Crippen LogP) is 5.49. The minimum atomic E-state index is -5.15. The first-order valence-corrected chi connectivity index (χ1v) is 13.3. The molecule has 0 saturated carbocycles. The number of halogens is 5. The average molecular weight is 569 g/mol. The molecule has 2 aromatic rings. The molecule has 2 heterocycles. The summed E-state index contributed by atoms with van der Waals surface area (Å²) in [5, 5.41) is 0. The number of likely N-dealkylation sites (tertiary alicyclic amines) is 2. The standard InChI is InChI=1S/C29H33F5N2O4/c1-19(2)18-39-24-6-4-3-5-21(24)17-36-14-11-28(26(36)40-27(38)29(32,33)34)9-12-35(13-10-28)25(37)15-20-7-8-22(30)16-23(20)31/h3-8,16,19,26H,9-15,17-18H2,1-2H3. The van der Waals surface area contributed by atoms with Gasteiger partial charge in [-0.2, -0.15) is 13.2 Å². The molecule has 0 aromatic heterocycles. The van der Waals surface area contributed by atoms with Crippen LogP contribution < -0.4 is 4.74 Å². The van der Waals surface area contributed by atoms with E-state index in [0.717, 1.165) is 11.6 Å². The van der Waals surface area contributed by atoms with E-state index in [2.05, 4.69) is 0 Å². The van der Waals surface area contributed by atoms with E-state index in [-0.39, 0.29) is 43.4 Å². The molecule has 40 heavy (non-hydrogen) atoms. The molecule has 2 saturated heterocycles. The van der Waals surface area contributed by atoms with Gasteiger partial charge in [-0.25, -0.2) is 13.6 Å². The van der Waals surface area contributed by atoms with E-state index in [0.29, 0.717) is 44.2 Å². The van der Waals surface area contributed by atoms with Crippen LogP contribution in [0.1, 0.15) is 44.2 Å². The fraction of sp³-hybridized carbons (Fsp3) is 0.517. The number of para-hydroxylation sites is 1. The second-order valence-corrected chi connectivity index (χ2v) is 10.9. The summed E-state index contributed by atoms with van der Waals surface area (Å²) in [5.41, 5.74) is 0.0447. The van der Waals surface area contributed by atoms with E-state index < -0.39 is 35.4 Å². The highest BCUT2D eigenvalue weighted by molar-refractivity contribution is 5.79. The van der Waals surface area contributed by atoms with Crippen LogP contribution in [0.25, 0.3) is 0 Å². The van der Waals surface area contributed by atoms with Crippen LogP contribution in [0, 0.1) is 23.0 Å². The number of benzene rings is 2. The lowest BCUT2D eigenvalue weighted by molar-refractivity contribution is -0.220. The smallest absolute Gasteiger partial charge is 0.490 e. The highest BCUT2D eigenvalue weighted by atomic mass is 19.4. The monoisotopic (exact) mass is 568 g/mol. The van der Waals surface area contributed by atoms with Crippen molar-refractivity contribution in [2.24, 2.45) is 11.3 Å². The molecule has 1 amide bonds. The summed E-state index contributed by atoms with van der Waals surface area (Å²) in [4.78, 5) is 28.1. The van der Waals surface area contributed by atoms with Gasteiger partial charge in [0.05, 0.1) is 13.0 Å². The molecular weight excluding hydrogens is 535 g/mol. The van der Waals surface area contributed by atoms with Crippen LogP contribution in [0.2, 0.25) is 0 Å². The van der Waals surface area contributed by atoms with Crippen molar-refractivity contribution in [2.45, 2.75) is 58.5 Å². The number of carbonyl (C=O) groups is 2. The lowest BCUT2D eigenvalue weighted by Gasteiger charge is -2.43. The van der Waals surface area contributed by atoms with Gasteiger partial charge in [-0.05, 0) is 42.9 Å². The molecule has 0 radical (unpaired) electrons. The number of ether oxygens (including phenoxy) is 2. The summed E-state index contributed by atoms with van der Waals surface area (Å²) in [6.07, 6.45) is -5.46. The van der Waals surface area contributed by atoms with Gasteiger partial charge in [0.2, 0.25) is 5.91 Å². The van der Waals surface area contributed by atoms with Crippen molar-refractivity contribution in [3.63, 3.8) is 0 Å². The molecule has 1 spiro atoms. The largest absolute Gasteiger partial charge is 0.493 e. The highest BCUT2D eigenvalue weighted by Gasteiger charge is 2.54. The van der Waals surface area contributed by atoms with Gasteiger partial charge >= 0.3 is 12.1 Å². The SMILES string of the molecule is CC(C)COc1ccccc1CN1CCC2(CCN(C(=O)Cc3ccc(F)cc3F)CC2)C1OC(=O)C(F)(F)F. The van der Waals surface area contributed by atoms with Crippen LogP contribution in [-0.4, -0.2) is 60.3 Å². The molecule has 11 heteroatoms. The number of alkyl halides is 3. The first kappa shape index (κ1) is 29.8. The number of rotatable bonds is 8. The fourth-order valence-electron chi connectivity index (χ4n) is 5.41. The van der Waals surface area contributed by atoms with Gasteiger partial charge in [-0.15, -0.1) is 0 Å². The zero-order valence-corrected chi connectivity index (χ0v) is 22.5. The maximum atomic E-state index is 14.1. The van der Waals surface area contributed by atoms with Crippen molar-refractivity contribution in [3.8, 4) is 5.75 Å². The Bertz CT molecular complexity index is 1210. The number of nitrogens with zero attached hydrogens (tertiary/aromatic N) is 2.